The molecular weight excluding hydrogens is 388 g/mol. The monoisotopic (exact) mass is 414 g/mol. The van der Waals surface area contributed by atoms with Crippen molar-refractivity contribution in [3.05, 3.63) is 82.3 Å². The van der Waals surface area contributed by atoms with E-state index in [9.17, 15) is 4.79 Å². The summed E-state index contributed by atoms with van der Waals surface area (Å²) in [7, 11) is 1.65. The van der Waals surface area contributed by atoms with Gasteiger partial charge in [-0.2, -0.15) is 5.10 Å². The Hall–Kier alpha value is -3.67. The summed E-state index contributed by atoms with van der Waals surface area (Å²) in [4.78, 5) is 17.8. The number of carbonyl (C=O) groups excluding carboxylic acids is 1. The quantitative estimate of drug-likeness (QED) is 0.500. The lowest BCUT2D eigenvalue weighted by Gasteiger charge is -2.11. The molecule has 1 N–H and O–H groups in total. The van der Waals surface area contributed by atoms with E-state index in [0.717, 1.165) is 50.5 Å². The van der Waals surface area contributed by atoms with Crippen molar-refractivity contribution < 1.29 is 9.53 Å². The topological polar surface area (TPSA) is 69.0 Å². The Morgan fingerprint density at radius 2 is 1.77 bits per heavy atom. The smallest absolute Gasteiger partial charge is 0.256 e. The van der Waals surface area contributed by atoms with Gasteiger partial charge in [0.15, 0.2) is 0 Å². The van der Waals surface area contributed by atoms with E-state index < -0.39 is 0 Å². The first-order valence-electron chi connectivity index (χ1n) is 10.2. The normalized spacial score (nSPS) is 11.0. The maximum absolute atomic E-state index is 13.2. The second-order valence-corrected chi connectivity index (χ2v) is 7.84. The molecule has 0 aliphatic heterocycles. The van der Waals surface area contributed by atoms with Gasteiger partial charge in [0, 0.05) is 11.1 Å². The van der Waals surface area contributed by atoms with Gasteiger partial charge in [0.05, 0.1) is 41.8 Å². The lowest BCUT2D eigenvalue weighted by Crippen LogP contribution is -2.14. The van der Waals surface area contributed by atoms with E-state index in [-0.39, 0.29) is 5.91 Å². The Morgan fingerprint density at radius 1 is 1.03 bits per heavy atom. The molecule has 6 nitrogen and oxygen atoms in total. The Kier molecular flexibility index (Phi) is 5.46. The van der Waals surface area contributed by atoms with Gasteiger partial charge in [-0.25, -0.2) is 0 Å². The van der Waals surface area contributed by atoms with E-state index in [1.165, 1.54) is 0 Å². The molecule has 2 aromatic carbocycles. The van der Waals surface area contributed by atoms with Crippen LogP contribution in [0, 0.1) is 27.7 Å². The highest BCUT2D eigenvalue weighted by molar-refractivity contribution is 6.12. The molecule has 0 fully saturated rings. The summed E-state index contributed by atoms with van der Waals surface area (Å²) in [5.41, 5.74) is 6.88. The van der Waals surface area contributed by atoms with Crippen LogP contribution in [-0.2, 0) is 6.54 Å². The fourth-order valence-electron chi connectivity index (χ4n) is 3.78. The summed E-state index contributed by atoms with van der Waals surface area (Å²) in [6, 6.07) is 15.7. The van der Waals surface area contributed by atoms with E-state index in [1.807, 2.05) is 80.9 Å². The molecule has 158 valence electrons. The molecule has 0 saturated carbocycles. The third-order valence-electron chi connectivity index (χ3n) is 5.45. The van der Waals surface area contributed by atoms with Crippen LogP contribution in [0.1, 0.15) is 38.6 Å². The fourth-order valence-corrected chi connectivity index (χ4v) is 3.78. The molecule has 1 amide bonds. The number of methoxy groups -OCH3 is 1. The number of carbonyl (C=O) groups is 1. The first kappa shape index (κ1) is 20.6. The molecule has 0 aliphatic carbocycles. The standard InChI is InChI=1S/C25H26N4O2/c1-15-6-11-23-21(12-15)22(13-16(2)26-23)25(30)27-24-17(3)28-29(18(24)4)14-19-7-9-20(31-5)10-8-19/h6-13H,14H2,1-5H3,(H,27,30). The Labute approximate surface area is 181 Å². The van der Waals surface area contributed by atoms with Crippen molar-refractivity contribution in [2.45, 2.75) is 34.2 Å². The number of amides is 1. The van der Waals surface area contributed by atoms with E-state index in [0.29, 0.717) is 12.1 Å². The van der Waals surface area contributed by atoms with Crippen LogP contribution in [-0.4, -0.2) is 27.8 Å². The van der Waals surface area contributed by atoms with Gasteiger partial charge < -0.3 is 10.1 Å². The Bertz CT molecular complexity index is 1270. The van der Waals surface area contributed by atoms with Gasteiger partial charge in [-0.1, -0.05) is 23.8 Å². The summed E-state index contributed by atoms with van der Waals surface area (Å²) in [6.07, 6.45) is 0. The van der Waals surface area contributed by atoms with Gasteiger partial charge in [0.1, 0.15) is 5.75 Å². The lowest BCUT2D eigenvalue weighted by atomic mass is 10.0. The van der Waals surface area contributed by atoms with Crippen LogP contribution in [0.15, 0.2) is 48.5 Å². The largest absolute Gasteiger partial charge is 0.497 e. The van der Waals surface area contributed by atoms with Gasteiger partial charge in [-0.3, -0.25) is 14.5 Å². The number of rotatable bonds is 5. The summed E-state index contributed by atoms with van der Waals surface area (Å²) >= 11 is 0. The zero-order valence-electron chi connectivity index (χ0n) is 18.5. The minimum atomic E-state index is -0.156. The molecule has 0 unspecified atom stereocenters. The SMILES string of the molecule is COc1ccc(Cn2nc(C)c(NC(=O)c3cc(C)nc4ccc(C)cc34)c2C)cc1. The number of nitrogens with one attached hydrogen (secondary N) is 1. The first-order valence-corrected chi connectivity index (χ1v) is 10.2. The average molecular weight is 415 g/mol. The first-order chi connectivity index (χ1) is 14.9. The number of hydrogen-bond donors (Lipinski definition) is 1. The molecular formula is C25H26N4O2. The summed E-state index contributed by atoms with van der Waals surface area (Å²) < 4.78 is 7.13. The molecule has 0 atom stereocenters. The second-order valence-electron chi connectivity index (χ2n) is 7.84. The Morgan fingerprint density at radius 3 is 2.48 bits per heavy atom. The molecule has 0 radical (unpaired) electrons. The molecule has 2 aromatic heterocycles. The average Bonchev–Trinajstić information content (AvgIpc) is 3.01. The number of hydrogen-bond acceptors (Lipinski definition) is 4. The van der Waals surface area contributed by atoms with Crippen molar-refractivity contribution in [2.75, 3.05) is 12.4 Å². The molecule has 0 spiro atoms. The van der Waals surface area contributed by atoms with Gasteiger partial charge in [0.25, 0.3) is 5.91 Å². The van der Waals surface area contributed by atoms with Crippen molar-refractivity contribution in [2.24, 2.45) is 0 Å². The number of aryl methyl sites for hydroxylation is 3. The molecule has 4 rings (SSSR count). The van der Waals surface area contributed by atoms with Crippen LogP contribution in [0.4, 0.5) is 5.69 Å². The number of aromatic nitrogens is 3. The number of anilines is 1. The highest BCUT2D eigenvalue weighted by Gasteiger charge is 2.18. The van der Waals surface area contributed by atoms with Gasteiger partial charge in [-0.15, -0.1) is 0 Å². The number of fused-ring (bicyclic) bond motifs is 1. The van der Waals surface area contributed by atoms with Crippen LogP contribution in [0.2, 0.25) is 0 Å². The van der Waals surface area contributed by atoms with Crippen LogP contribution >= 0.6 is 0 Å². The van der Waals surface area contributed by atoms with Crippen molar-refractivity contribution in [1.82, 2.24) is 14.8 Å². The van der Waals surface area contributed by atoms with Crippen molar-refractivity contribution >= 4 is 22.5 Å². The molecule has 4 aromatic rings. The highest BCUT2D eigenvalue weighted by Crippen LogP contribution is 2.25. The second kappa shape index (κ2) is 8.22. The van der Waals surface area contributed by atoms with Crippen LogP contribution < -0.4 is 10.1 Å². The van der Waals surface area contributed by atoms with E-state index >= 15 is 0 Å². The minimum Gasteiger partial charge on any atom is -0.497 e. The summed E-state index contributed by atoms with van der Waals surface area (Å²) in [6.45, 7) is 8.41. The lowest BCUT2D eigenvalue weighted by molar-refractivity contribution is 0.102. The number of nitrogens with zero attached hydrogens (tertiary/aromatic N) is 3. The predicted octanol–water partition coefficient (Wildman–Crippen LogP) is 4.97. The zero-order valence-corrected chi connectivity index (χ0v) is 18.5. The summed E-state index contributed by atoms with van der Waals surface area (Å²) in [5, 5.41) is 8.59. The van der Waals surface area contributed by atoms with Crippen molar-refractivity contribution in [1.29, 1.82) is 0 Å². The summed E-state index contributed by atoms with van der Waals surface area (Å²) in [5.74, 6) is 0.663. The molecule has 31 heavy (non-hydrogen) atoms. The highest BCUT2D eigenvalue weighted by atomic mass is 16.5. The molecule has 0 bridgehead atoms. The minimum absolute atomic E-state index is 0.156. The predicted molar refractivity (Wildman–Crippen MR) is 123 cm³/mol. The van der Waals surface area contributed by atoms with Gasteiger partial charge in [0.2, 0.25) is 0 Å². The van der Waals surface area contributed by atoms with Gasteiger partial charge >= 0.3 is 0 Å². The van der Waals surface area contributed by atoms with Crippen molar-refractivity contribution in [3.8, 4) is 5.75 Å². The number of pyridine rings is 1. The number of ether oxygens (including phenoxy) is 1. The van der Waals surface area contributed by atoms with E-state index in [4.69, 9.17) is 4.74 Å². The molecule has 6 heteroatoms. The molecule has 0 saturated heterocycles. The molecule has 2 heterocycles. The maximum atomic E-state index is 13.2. The van der Waals surface area contributed by atoms with Crippen molar-refractivity contribution in [3.63, 3.8) is 0 Å². The van der Waals surface area contributed by atoms with E-state index in [1.54, 1.807) is 7.11 Å². The van der Waals surface area contributed by atoms with Crippen LogP contribution in [0.3, 0.4) is 0 Å². The maximum Gasteiger partial charge on any atom is 0.256 e. The zero-order chi connectivity index (χ0) is 22.1. The van der Waals surface area contributed by atoms with E-state index in [2.05, 4.69) is 15.4 Å². The number of benzene rings is 2. The van der Waals surface area contributed by atoms with Crippen LogP contribution in [0.25, 0.3) is 10.9 Å². The molecule has 0 aliphatic rings. The van der Waals surface area contributed by atoms with Gasteiger partial charge in [-0.05, 0) is 63.6 Å². The Balaban J connectivity index is 1.63. The third kappa shape index (κ3) is 4.14. The fraction of sp³-hybridized carbons (Fsp3) is 0.240. The third-order valence-corrected chi connectivity index (χ3v) is 5.45. The van der Waals surface area contributed by atoms with Crippen LogP contribution in [0.5, 0.6) is 5.75 Å².